The largest absolute Gasteiger partial charge is 0.352 e. The minimum Gasteiger partial charge on any atom is -0.352 e. The van der Waals surface area contributed by atoms with Gasteiger partial charge in [-0.25, -0.2) is 4.98 Å². The molecule has 0 unspecified atom stereocenters. The first-order chi connectivity index (χ1) is 25.3. The topological polar surface area (TPSA) is 197 Å². The summed E-state index contributed by atoms with van der Waals surface area (Å²) in [6, 6.07) is -2.67. The molecule has 5 rings (SSSR count). The van der Waals surface area contributed by atoms with Crippen LogP contribution in [0.4, 0.5) is 0 Å². The first kappa shape index (κ1) is 40.0. The summed E-state index contributed by atoms with van der Waals surface area (Å²) in [5.41, 5.74) is -0.555. The molecule has 4 N–H and O–H groups in total. The third-order valence-electron chi connectivity index (χ3n) is 11.5. The lowest BCUT2D eigenvalue weighted by Gasteiger charge is -2.37. The molecule has 0 aromatic carbocycles. The number of nitrogens with one attached hydrogen (secondary N) is 4. The molecule has 4 fully saturated rings. The van der Waals surface area contributed by atoms with Crippen molar-refractivity contribution < 1.29 is 33.6 Å². The van der Waals surface area contributed by atoms with Crippen LogP contribution < -0.4 is 21.3 Å². The molecule has 6 atom stereocenters. The van der Waals surface area contributed by atoms with E-state index in [0.29, 0.717) is 13.0 Å². The minimum absolute atomic E-state index is 0.0740. The van der Waals surface area contributed by atoms with E-state index in [1.165, 1.54) is 18.6 Å². The lowest BCUT2D eigenvalue weighted by Crippen LogP contribution is -2.56. The fourth-order valence-corrected chi connectivity index (χ4v) is 8.45. The number of carbonyl (C=O) groups is 7. The normalized spacial score (nSPS) is 23.2. The molecule has 0 bridgehead atoms. The van der Waals surface area contributed by atoms with Crippen molar-refractivity contribution in [3.05, 3.63) is 24.3 Å². The fourth-order valence-electron chi connectivity index (χ4n) is 8.45. The number of hydrogen-bond acceptors (Lipinski definition) is 9. The number of likely N-dealkylation sites (tertiary alicyclic amines) is 1. The van der Waals surface area contributed by atoms with Crippen LogP contribution in [0, 0.1) is 29.1 Å². The van der Waals surface area contributed by atoms with E-state index in [2.05, 4.69) is 31.2 Å². The summed E-state index contributed by atoms with van der Waals surface area (Å²) in [4.78, 5) is 104. The number of aromatic nitrogens is 2. The van der Waals surface area contributed by atoms with Gasteiger partial charge < -0.3 is 26.2 Å². The van der Waals surface area contributed by atoms with Crippen molar-refractivity contribution >= 4 is 41.1 Å². The number of fused-ring (bicyclic) bond motifs is 1. The predicted octanol–water partition coefficient (Wildman–Crippen LogP) is 2.65. The van der Waals surface area contributed by atoms with E-state index in [1.54, 1.807) is 4.90 Å². The summed E-state index contributed by atoms with van der Waals surface area (Å²) >= 11 is 0. The molecule has 0 radical (unpaired) electrons. The Morgan fingerprint density at radius 2 is 1.64 bits per heavy atom. The van der Waals surface area contributed by atoms with E-state index in [1.807, 2.05) is 27.7 Å². The smallest absolute Gasteiger partial charge is 0.290 e. The minimum atomic E-state index is -1.12. The summed E-state index contributed by atoms with van der Waals surface area (Å²) in [7, 11) is 0. The van der Waals surface area contributed by atoms with Gasteiger partial charge >= 0.3 is 0 Å². The molecule has 2 heterocycles. The summed E-state index contributed by atoms with van der Waals surface area (Å²) < 4.78 is 0. The number of rotatable bonds is 16. The maximum absolute atomic E-state index is 14.7. The fraction of sp³-hybridized carbons (Fsp3) is 0.718. The predicted molar refractivity (Wildman–Crippen MR) is 195 cm³/mol. The number of ketones is 2. The van der Waals surface area contributed by atoms with Crippen LogP contribution in [0.5, 0.6) is 0 Å². The lowest BCUT2D eigenvalue weighted by atomic mass is 9.74. The van der Waals surface area contributed by atoms with Gasteiger partial charge in [-0.2, -0.15) is 0 Å². The Labute approximate surface area is 312 Å². The van der Waals surface area contributed by atoms with Crippen molar-refractivity contribution in [2.45, 2.75) is 135 Å². The molecule has 3 aliphatic carbocycles. The second-order valence-electron chi connectivity index (χ2n) is 16.6. The molecule has 1 aromatic rings. The molecule has 1 saturated heterocycles. The van der Waals surface area contributed by atoms with Gasteiger partial charge in [0.25, 0.3) is 11.8 Å². The van der Waals surface area contributed by atoms with Crippen LogP contribution in [-0.2, 0) is 28.8 Å². The van der Waals surface area contributed by atoms with E-state index < -0.39 is 53.0 Å². The quantitative estimate of drug-likeness (QED) is 0.185. The van der Waals surface area contributed by atoms with Crippen molar-refractivity contribution in [2.75, 3.05) is 13.1 Å². The first-order valence-electron chi connectivity index (χ1n) is 19.6. The van der Waals surface area contributed by atoms with Gasteiger partial charge in [0.15, 0.2) is 5.78 Å². The number of hydrogen-bond donors (Lipinski definition) is 4. The molecular weight excluding hydrogens is 678 g/mol. The highest BCUT2D eigenvalue weighted by atomic mass is 16.2. The standard InChI is InChI=1S/C39H57N7O7/c1-5-10-28(34(49)37(52)42-21-31(48)43-25-15-16-25)44-36(51)33-26-14-9-13-24(26)22-46(33)38(53)27(39(2,3)4)19-30(47)32(23-11-7-6-8-12-23)45-35(50)29-20-40-17-18-41-29/h17-18,20,23-28,32-33H,5-16,19,21-22H2,1-4H3,(H,42,52)(H,43,48)(H,44,51)(H,45,50)/t24-,26-,27+,28-,32-,33-/m0/s1. The molecule has 5 amide bonds. The second-order valence-corrected chi connectivity index (χ2v) is 16.6. The summed E-state index contributed by atoms with van der Waals surface area (Å²) in [6.45, 7) is 7.58. The lowest BCUT2D eigenvalue weighted by molar-refractivity contribution is -0.148. The number of amides is 5. The zero-order chi connectivity index (χ0) is 38.3. The Kier molecular flexibility index (Phi) is 13.4. The van der Waals surface area contributed by atoms with Crippen LogP contribution in [0.1, 0.15) is 122 Å². The molecular formula is C39H57N7O7. The van der Waals surface area contributed by atoms with Gasteiger partial charge in [-0.05, 0) is 68.1 Å². The average molecular weight is 736 g/mol. The molecule has 14 heteroatoms. The van der Waals surface area contributed by atoms with Gasteiger partial charge in [0.05, 0.1) is 24.8 Å². The van der Waals surface area contributed by atoms with E-state index in [9.17, 15) is 33.6 Å². The maximum Gasteiger partial charge on any atom is 0.290 e. The molecule has 53 heavy (non-hydrogen) atoms. The molecule has 4 aliphatic rings. The second kappa shape index (κ2) is 17.7. The van der Waals surface area contributed by atoms with Crippen molar-refractivity contribution in [2.24, 2.45) is 29.1 Å². The molecule has 3 saturated carbocycles. The van der Waals surface area contributed by atoms with Gasteiger partial charge in [0.1, 0.15) is 11.7 Å². The van der Waals surface area contributed by atoms with Gasteiger partial charge in [-0.1, -0.05) is 59.8 Å². The Bertz CT molecular complexity index is 1520. The highest BCUT2D eigenvalue weighted by molar-refractivity contribution is 6.38. The zero-order valence-electron chi connectivity index (χ0n) is 31.7. The van der Waals surface area contributed by atoms with E-state index in [4.69, 9.17) is 0 Å². The number of Topliss-reactive ketones (excluding diaryl/α,β-unsaturated/α-hetero) is 2. The Morgan fingerprint density at radius 1 is 0.906 bits per heavy atom. The SMILES string of the molecule is CCC[C@H](NC(=O)[C@@H]1[C@H]2CCC[C@H]2CN1C(=O)[C@@H](CC(=O)[C@@H](NC(=O)c1cnccn1)C1CCCCC1)C(C)(C)C)C(=O)C(=O)NCC(=O)NC1CC1. The highest BCUT2D eigenvalue weighted by Crippen LogP contribution is 2.44. The van der Waals surface area contributed by atoms with Crippen molar-refractivity contribution in [1.82, 2.24) is 36.1 Å². The Balaban J connectivity index is 1.32. The third kappa shape index (κ3) is 10.3. The monoisotopic (exact) mass is 735 g/mol. The molecule has 1 aliphatic heterocycles. The average Bonchev–Trinajstić information content (AvgIpc) is 3.70. The van der Waals surface area contributed by atoms with Crippen LogP contribution in [0.15, 0.2) is 18.6 Å². The highest BCUT2D eigenvalue weighted by Gasteiger charge is 2.52. The van der Waals surface area contributed by atoms with E-state index in [0.717, 1.165) is 64.2 Å². The zero-order valence-corrected chi connectivity index (χ0v) is 31.7. The van der Waals surface area contributed by atoms with Gasteiger partial charge in [-0.15, -0.1) is 0 Å². The molecule has 1 aromatic heterocycles. The molecule has 0 spiro atoms. The number of nitrogens with zero attached hydrogens (tertiary/aromatic N) is 3. The van der Waals surface area contributed by atoms with Crippen LogP contribution in [0.2, 0.25) is 0 Å². The van der Waals surface area contributed by atoms with Crippen molar-refractivity contribution in [3.63, 3.8) is 0 Å². The van der Waals surface area contributed by atoms with E-state index >= 15 is 0 Å². The van der Waals surface area contributed by atoms with Crippen LogP contribution in [0.3, 0.4) is 0 Å². The summed E-state index contributed by atoms with van der Waals surface area (Å²) in [5, 5.41) is 10.9. The molecule has 14 nitrogen and oxygen atoms in total. The third-order valence-corrected chi connectivity index (χ3v) is 11.5. The van der Waals surface area contributed by atoms with Gasteiger partial charge in [0, 0.05) is 37.3 Å². The van der Waals surface area contributed by atoms with Crippen LogP contribution in [-0.4, -0.2) is 93.2 Å². The number of carbonyl (C=O) groups excluding carboxylic acids is 7. The van der Waals surface area contributed by atoms with Gasteiger partial charge in [0.2, 0.25) is 23.5 Å². The first-order valence-corrected chi connectivity index (χ1v) is 19.6. The van der Waals surface area contributed by atoms with Gasteiger partial charge in [-0.3, -0.25) is 38.5 Å². The maximum atomic E-state index is 14.7. The van der Waals surface area contributed by atoms with Crippen molar-refractivity contribution in [3.8, 4) is 0 Å². The summed E-state index contributed by atoms with van der Waals surface area (Å²) in [5.74, 6) is -4.55. The van der Waals surface area contributed by atoms with Crippen LogP contribution >= 0.6 is 0 Å². The van der Waals surface area contributed by atoms with E-state index in [-0.39, 0.29) is 66.5 Å². The Morgan fingerprint density at radius 3 is 2.28 bits per heavy atom. The van der Waals surface area contributed by atoms with Crippen LogP contribution in [0.25, 0.3) is 0 Å². The summed E-state index contributed by atoms with van der Waals surface area (Å²) in [6.07, 6.45) is 13.7. The molecule has 290 valence electrons. The Hall–Kier alpha value is -4.23. The van der Waals surface area contributed by atoms with Crippen molar-refractivity contribution in [1.29, 1.82) is 0 Å².